The predicted molar refractivity (Wildman–Crippen MR) is 101 cm³/mol. The number of rotatable bonds is 4. The fourth-order valence-corrected chi connectivity index (χ4v) is 3.19. The number of thiocarbonyl (C=S) groups is 1. The van der Waals surface area contributed by atoms with E-state index < -0.39 is 12.1 Å². The van der Waals surface area contributed by atoms with E-state index in [0.29, 0.717) is 5.92 Å². The lowest BCUT2D eigenvalue weighted by atomic mass is 9.89. The Morgan fingerprint density at radius 2 is 1.71 bits per heavy atom. The number of carbonyl (C=O) groups excluding carboxylic acids is 1. The summed E-state index contributed by atoms with van der Waals surface area (Å²) < 4.78 is 5.50. The number of carbonyl (C=O) groups is 1. The van der Waals surface area contributed by atoms with Gasteiger partial charge in [0.05, 0.1) is 0 Å². The predicted octanol–water partition coefficient (Wildman–Crippen LogP) is 4.94. The van der Waals surface area contributed by atoms with Gasteiger partial charge in [-0.3, -0.25) is 0 Å². The summed E-state index contributed by atoms with van der Waals surface area (Å²) in [6.45, 7) is 4.37. The normalized spacial score (nSPS) is 17.6. The maximum absolute atomic E-state index is 12.3. The number of hydrogen-bond acceptors (Lipinski definition) is 3. The van der Waals surface area contributed by atoms with E-state index in [1.165, 1.54) is 5.56 Å². The van der Waals surface area contributed by atoms with Gasteiger partial charge in [0, 0.05) is 5.57 Å². The van der Waals surface area contributed by atoms with Crippen LogP contribution in [-0.4, -0.2) is 10.8 Å². The molecule has 0 N–H and O–H groups in total. The van der Waals surface area contributed by atoms with Gasteiger partial charge in [0.25, 0.3) is 0 Å². The van der Waals surface area contributed by atoms with Crippen LogP contribution in [0.4, 0.5) is 0 Å². The summed E-state index contributed by atoms with van der Waals surface area (Å²) in [6.07, 6.45) is 2.52. The van der Waals surface area contributed by atoms with Crippen molar-refractivity contribution in [2.24, 2.45) is 5.92 Å². The van der Waals surface area contributed by atoms with Crippen LogP contribution in [-0.2, 0) is 16.0 Å². The molecule has 0 bridgehead atoms. The first-order valence-electron chi connectivity index (χ1n) is 8.16. The zero-order chi connectivity index (χ0) is 17.1. The van der Waals surface area contributed by atoms with E-state index in [4.69, 9.17) is 17.0 Å². The monoisotopic (exact) mass is 336 g/mol. The molecule has 2 nitrogen and oxygen atoms in total. The Hall–Kier alpha value is -2.26. The van der Waals surface area contributed by atoms with Crippen LogP contribution >= 0.6 is 12.2 Å². The molecule has 0 saturated heterocycles. The molecular weight excluding hydrogens is 316 g/mol. The minimum atomic E-state index is -0.421. The number of benzene rings is 2. The fraction of sp³-hybridized carbons (Fsp3) is 0.238. The second-order valence-electron chi connectivity index (χ2n) is 6.40. The molecule has 1 unspecified atom stereocenters. The summed E-state index contributed by atoms with van der Waals surface area (Å²) in [5.41, 5.74) is 4.01. The third-order valence-corrected chi connectivity index (χ3v) is 4.43. The van der Waals surface area contributed by atoms with Crippen LogP contribution in [0.2, 0.25) is 0 Å². The molecule has 1 aliphatic heterocycles. The highest BCUT2D eigenvalue weighted by molar-refractivity contribution is 7.83. The minimum Gasteiger partial charge on any atom is -0.449 e. The summed E-state index contributed by atoms with van der Waals surface area (Å²) in [7, 11) is 0. The van der Waals surface area contributed by atoms with E-state index >= 15 is 0 Å². The van der Waals surface area contributed by atoms with Crippen molar-refractivity contribution in [2.75, 3.05) is 0 Å². The van der Waals surface area contributed by atoms with E-state index in [-0.39, 0.29) is 4.86 Å². The molecule has 0 amide bonds. The molecule has 0 spiro atoms. The van der Waals surface area contributed by atoms with Gasteiger partial charge in [0.15, 0.2) is 0 Å². The summed E-state index contributed by atoms with van der Waals surface area (Å²) in [5, 5.41) is 0. The standard InChI is InChI=1S/C21H20O2S/c1-14(2)12-16-10-6-7-11-17(16)18-13-19(23-21(22)20(18)24)15-8-4-3-5-9-15/h3-11,13-14,19H,12H2,1-2H3. The largest absolute Gasteiger partial charge is 0.449 e. The van der Waals surface area contributed by atoms with Crippen LogP contribution in [0.25, 0.3) is 5.57 Å². The van der Waals surface area contributed by atoms with Crippen molar-refractivity contribution in [3.63, 3.8) is 0 Å². The van der Waals surface area contributed by atoms with Crippen LogP contribution in [0.15, 0.2) is 60.7 Å². The van der Waals surface area contributed by atoms with Crippen LogP contribution < -0.4 is 0 Å². The van der Waals surface area contributed by atoms with E-state index in [9.17, 15) is 4.79 Å². The first kappa shape index (κ1) is 16.6. The maximum atomic E-state index is 12.3. The Balaban J connectivity index is 2.06. The molecule has 2 aromatic rings. The number of cyclic esters (lactones) is 1. The molecule has 1 atom stereocenters. The van der Waals surface area contributed by atoms with E-state index in [0.717, 1.165) is 23.1 Å². The van der Waals surface area contributed by atoms with Crippen molar-refractivity contribution in [1.82, 2.24) is 0 Å². The second kappa shape index (κ2) is 7.10. The number of ether oxygens (including phenoxy) is 1. The smallest absolute Gasteiger partial charge is 0.350 e. The molecule has 1 heterocycles. The molecule has 122 valence electrons. The highest BCUT2D eigenvalue weighted by Gasteiger charge is 2.29. The Morgan fingerprint density at radius 3 is 2.42 bits per heavy atom. The highest BCUT2D eigenvalue weighted by Crippen LogP contribution is 2.32. The summed E-state index contributed by atoms with van der Waals surface area (Å²) in [5.74, 6) is 0.108. The molecule has 0 fully saturated rings. The second-order valence-corrected chi connectivity index (χ2v) is 6.81. The average molecular weight is 336 g/mol. The lowest BCUT2D eigenvalue weighted by molar-refractivity contribution is -0.138. The molecule has 0 saturated carbocycles. The topological polar surface area (TPSA) is 26.3 Å². The molecule has 0 aliphatic carbocycles. The van der Waals surface area contributed by atoms with Gasteiger partial charge in [0.2, 0.25) is 0 Å². The Bertz CT molecular complexity index is 790. The molecule has 0 radical (unpaired) electrons. The Labute approximate surface area is 148 Å². The van der Waals surface area contributed by atoms with Gasteiger partial charge in [-0.25, -0.2) is 4.79 Å². The van der Waals surface area contributed by atoms with Crippen molar-refractivity contribution in [2.45, 2.75) is 26.4 Å². The summed E-state index contributed by atoms with van der Waals surface area (Å²) in [6, 6.07) is 17.9. The lowest BCUT2D eigenvalue weighted by Crippen LogP contribution is -2.25. The van der Waals surface area contributed by atoms with Crippen LogP contribution in [0.1, 0.15) is 36.6 Å². The van der Waals surface area contributed by atoms with Gasteiger partial charge in [-0.05, 0) is 35.1 Å². The van der Waals surface area contributed by atoms with Crippen molar-refractivity contribution in [3.05, 3.63) is 77.4 Å². The van der Waals surface area contributed by atoms with Crippen molar-refractivity contribution in [3.8, 4) is 0 Å². The van der Waals surface area contributed by atoms with E-state index in [1.807, 2.05) is 54.6 Å². The Morgan fingerprint density at radius 1 is 1.04 bits per heavy atom. The molecule has 24 heavy (non-hydrogen) atoms. The van der Waals surface area contributed by atoms with E-state index in [1.54, 1.807) is 0 Å². The van der Waals surface area contributed by atoms with Gasteiger partial charge in [-0.2, -0.15) is 0 Å². The van der Waals surface area contributed by atoms with Crippen LogP contribution in [0.3, 0.4) is 0 Å². The molecule has 0 aromatic heterocycles. The fourth-order valence-electron chi connectivity index (χ4n) is 2.96. The van der Waals surface area contributed by atoms with Gasteiger partial charge in [-0.1, -0.05) is 80.7 Å². The quantitative estimate of drug-likeness (QED) is 0.584. The van der Waals surface area contributed by atoms with Gasteiger partial charge < -0.3 is 4.74 Å². The molecule has 3 rings (SSSR count). The lowest BCUT2D eigenvalue weighted by Gasteiger charge is -2.24. The SMILES string of the molecule is CC(C)Cc1ccccc1C1=CC(c2ccccc2)OC(=O)C1=S. The van der Waals surface area contributed by atoms with Crippen LogP contribution in [0.5, 0.6) is 0 Å². The number of esters is 1. The van der Waals surface area contributed by atoms with Gasteiger partial charge in [-0.15, -0.1) is 0 Å². The van der Waals surface area contributed by atoms with Gasteiger partial charge in [0.1, 0.15) is 11.0 Å². The third kappa shape index (κ3) is 3.46. The molecule has 3 heteroatoms. The zero-order valence-electron chi connectivity index (χ0n) is 13.9. The first-order chi connectivity index (χ1) is 11.6. The molecule has 1 aliphatic rings. The summed E-state index contributed by atoms with van der Waals surface area (Å²) in [4.78, 5) is 12.6. The highest BCUT2D eigenvalue weighted by atomic mass is 32.1. The van der Waals surface area contributed by atoms with Crippen LogP contribution in [0, 0.1) is 5.92 Å². The Kier molecular flexibility index (Phi) is 4.91. The maximum Gasteiger partial charge on any atom is 0.350 e. The van der Waals surface area contributed by atoms with Crippen molar-refractivity contribution in [1.29, 1.82) is 0 Å². The number of hydrogen-bond donors (Lipinski definition) is 0. The average Bonchev–Trinajstić information content (AvgIpc) is 2.58. The van der Waals surface area contributed by atoms with Crippen molar-refractivity contribution < 1.29 is 9.53 Å². The van der Waals surface area contributed by atoms with E-state index in [2.05, 4.69) is 19.9 Å². The third-order valence-electron chi connectivity index (χ3n) is 4.05. The molecule has 2 aromatic carbocycles. The zero-order valence-corrected chi connectivity index (χ0v) is 14.7. The summed E-state index contributed by atoms with van der Waals surface area (Å²) >= 11 is 5.37. The minimum absolute atomic E-state index is 0.262. The first-order valence-corrected chi connectivity index (χ1v) is 8.57. The molecular formula is C21H20O2S. The van der Waals surface area contributed by atoms with Gasteiger partial charge >= 0.3 is 5.97 Å². The van der Waals surface area contributed by atoms with Crippen molar-refractivity contribution >= 4 is 28.6 Å².